The summed E-state index contributed by atoms with van der Waals surface area (Å²) in [7, 11) is 0. The summed E-state index contributed by atoms with van der Waals surface area (Å²) >= 11 is 0. The lowest BCUT2D eigenvalue weighted by Gasteiger charge is -2.24. The third-order valence-electron chi connectivity index (χ3n) is 6.13. The molecule has 0 spiro atoms. The molecule has 9 heteroatoms. The van der Waals surface area contributed by atoms with Crippen LogP contribution in [0.4, 0.5) is 0 Å². The van der Waals surface area contributed by atoms with Crippen molar-refractivity contribution in [3.8, 4) is 5.75 Å². The Bertz CT molecular complexity index is 923. The Morgan fingerprint density at radius 1 is 1.22 bits per heavy atom. The minimum atomic E-state index is -0.218. The van der Waals surface area contributed by atoms with Gasteiger partial charge in [0, 0.05) is 32.2 Å². The maximum absolute atomic E-state index is 13.1. The largest absolute Gasteiger partial charge is 0.494 e. The summed E-state index contributed by atoms with van der Waals surface area (Å²) in [5, 5.41) is 10.4. The molecule has 4 rings (SSSR count). The fourth-order valence-corrected chi connectivity index (χ4v) is 4.36. The molecule has 0 bridgehead atoms. The lowest BCUT2D eigenvalue weighted by molar-refractivity contribution is -0.131. The Morgan fingerprint density at radius 3 is 2.62 bits per heavy atom. The van der Waals surface area contributed by atoms with Gasteiger partial charge in [-0.3, -0.25) is 14.7 Å². The Hall–Kier alpha value is -2.94. The first-order chi connectivity index (χ1) is 15.5. The van der Waals surface area contributed by atoms with Crippen LogP contribution in [0.3, 0.4) is 0 Å². The number of nitrogens with one attached hydrogen (secondary N) is 2. The molecule has 2 aliphatic heterocycles. The van der Waals surface area contributed by atoms with Gasteiger partial charge in [0.2, 0.25) is 11.8 Å². The Kier molecular flexibility index (Phi) is 7.04. The van der Waals surface area contributed by atoms with Crippen molar-refractivity contribution in [2.24, 2.45) is 5.92 Å². The van der Waals surface area contributed by atoms with Crippen LogP contribution in [-0.4, -0.2) is 70.8 Å². The van der Waals surface area contributed by atoms with Crippen LogP contribution in [0.2, 0.25) is 0 Å². The number of hydrogen-bond acceptors (Lipinski definition) is 6. The predicted molar refractivity (Wildman–Crippen MR) is 117 cm³/mol. The highest BCUT2D eigenvalue weighted by molar-refractivity contribution is 5.81. The topological polar surface area (TPSA) is 109 Å². The van der Waals surface area contributed by atoms with Gasteiger partial charge < -0.3 is 19.7 Å². The molecule has 2 N–H and O–H groups in total. The molecule has 0 radical (unpaired) electrons. The van der Waals surface area contributed by atoms with E-state index in [1.54, 1.807) is 0 Å². The molecule has 2 atom stereocenters. The highest BCUT2D eigenvalue weighted by atomic mass is 16.5. The van der Waals surface area contributed by atoms with Crippen LogP contribution >= 0.6 is 0 Å². The van der Waals surface area contributed by atoms with Gasteiger partial charge in [-0.15, -0.1) is 0 Å². The van der Waals surface area contributed by atoms with Crippen molar-refractivity contribution < 1.29 is 19.1 Å². The standard InChI is InChI=1S/C23H31N5O4/c1-3-32-18-6-4-16(5-7-18)12-21(29)28-13-19(22-24-15(2)26-27-22)20(14-28)25-23(30)17-8-10-31-11-9-17/h4-7,17,19-20H,3,8-14H2,1-2H3,(H,25,30)(H,24,26,27)/t19-,20-/m1/s1. The lowest BCUT2D eigenvalue weighted by atomic mass is 9.97. The first kappa shape index (κ1) is 22.3. The lowest BCUT2D eigenvalue weighted by Crippen LogP contribution is -2.44. The van der Waals surface area contributed by atoms with Crippen molar-refractivity contribution in [3.05, 3.63) is 41.5 Å². The third kappa shape index (κ3) is 5.27. The molecule has 3 heterocycles. The summed E-state index contributed by atoms with van der Waals surface area (Å²) in [5.74, 6) is 2.00. The zero-order chi connectivity index (χ0) is 22.5. The van der Waals surface area contributed by atoms with Gasteiger partial charge >= 0.3 is 0 Å². The van der Waals surface area contributed by atoms with Crippen LogP contribution in [-0.2, 0) is 20.7 Å². The van der Waals surface area contributed by atoms with E-state index >= 15 is 0 Å². The zero-order valence-electron chi connectivity index (χ0n) is 18.7. The molecule has 0 saturated carbocycles. The first-order valence-corrected chi connectivity index (χ1v) is 11.3. The second-order valence-corrected chi connectivity index (χ2v) is 8.44. The van der Waals surface area contributed by atoms with Gasteiger partial charge in [0.05, 0.1) is 25.0 Å². The van der Waals surface area contributed by atoms with E-state index in [1.807, 2.05) is 43.0 Å². The van der Waals surface area contributed by atoms with Crippen LogP contribution in [0.25, 0.3) is 0 Å². The molecule has 1 aromatic heterocycles. The Balaban J connectivity index is 1.43. The van der Waals surface area contributed by atoms with Gasteiger partial charge in [-0.1, -0.05) is 12.1 Å². The molecule has 2 aliphatic rings. The molecule has 2 aromatic rings. The molecule has 2 saturated heterocycles. The normalized spacial score (nSPS) is 21.5. The molecular formula is C23H31N5O4. The van der Waals surface area contributed by atoms with Gasteiger partial charge in [-0.2, -0.15) is 5.10 Å². The van der Waals surface area contributed by atoms with Gasteiger partial charge in [0.15, 0.2) is 5.82 Å². The Morgan fingerprint density at radius 2 is 1.97 bits per heavy atom. The van der Waals surface area contributed by atoms with Crippen molar-refractivity contribution in [2.75, 3.05) is 32.9 Å². The number of aryl methyl sites for hydroxylation is 1. The van der Waals surface area contributed by atoms with E-state index < -0.39 is 0 Å². The first-order valence-electron chi connectivity index (χ1n) is 11.3. The summed E-state index contributed by atoms with van der Waals surface area (Å²) in [6.07, 6.45) is 1.75. The zero-order valence-corrected chi connectivity index (χ0v) is 18.7. The van der Waals surface area contributed by atoms with Crippen molar-refractivity contribution in [2.45, 2.75) is 45.1 Å². The average Bonchev–Trinajstić information content (AvgIpc) is 3.42. The van der Waals surface area contributed by atoms with E-state index in [-0.39, 0.29) is 29.7 Å². The fourth-order valence-electron chi connectivity index (χ4n) is 4.36. The number of ether oxygens (including phenoxy) is 2. The molecule has 9 nitrogen and oxygen atoms in total. The maximum atomic E-state index is 13.1. The molecule has 0 unspecified atom stereocenters. The molecule has 172 valence electrons. The van der Waals surface area contributed by atoms with Crippen LogP contribution in [0.5, 0.6) is 5.75 Å². The van der Waals surface area contributed by atoms with Crippen LogP contribution < -0.4 is 10.1 Å². The highest BCUT2D eigenvalue weighted by Crippen LogP contribution is 2.27. The van der Waals surface area contributed by atoms with Crippen LogP contribution in [0.1, 0.15) is 42.9 Å². The predicted octanol–water partition coefficient (Wildman–Crippen LogP) is 1.59. The second-order valence-electron chi connectivity index (χ2n) is 8.44. The minimum absolute atomic E-state index is 0.0224. The van der Waals surface area contributed by atoms with E-state index in [1.165, 1.54) is 0 Å². The van der Waals surface area contributed by atoms with Crippen LogP contribution in [0.15, 0.2) is 24.3 Å². The number of aromatic nitrogens is 3. The molecule has 2 amide bonds. The summed E-state index contributed by atoms with van der Waals surface area (Å²) in [6, 6.07) is 7.38. The number of nitrogens with zero attached hydrogens (tertiary/aromatic N) is 3. The number of carbonyl (C=O) groups is 2. The van der Waals surface area contributed by atoms with E-state index in [9.17, 15) is 9.59 Å². The fraction of sp³-hybridized carbons (Fsp3) is 0.565. The number of benzene rings is 1. The van der Waals surface area contributed by atoms with E-state index in [0.29, 0.717) is 51.0 Å². The molecule has 2 fully saturated rings. The summed E-state index contributed by atoms with van der Waals surface area (Å²) in [4.78, 5) is 32.2. The summed E-state index contributed by atoms with van der Waals surface area (Å²) < 4.78 is 10.8. The molecule has 1 aromatic carbocycles. The highest BCUT2D eigenvalue weighted by Gasteiger charge is 2.40. The van der Waals surface area contributed by atoms with Crippen molar-refractivity contribution in [3.63, 3.8) is 0 Å². The van der Waals surface area contributed by atoms with E-state index in [4.69, 9.17) is 9.47 Å². The summed E-state index contributed by atoms with van der Waals surface area (Å²) in [6.45, 7) is 6.53. The number of aromatic amines is 1. The third-order valence-corrected chi connectivity index (χ3v) is 6.13. The van der Waals surface area contributed by atoms with Crippen molar-refractivity contribution in [1.29, 1.82) is 0 Å². The number of carbonyl (C=O) groups excluding carboxylic acids is 2. The van der Waals surface area contributed by atoms with Crippen LogP contribution in [0, 0.1) is 12.8 Å². The van der Waals surface area contributed by atoms with E-state index in [0.717, 1.165) is 24.2 Å². The number of rotatable bonds is 7. The smallest absolute Gasteiger partial charge is 0.227 e. The number of likely N-dealkylation sites (tertiary alicyclic amines) is 1. The quantitative estimate of drug-likeness (QED) is 0.675. The Labute approximate surface area is 187 Å². The number of H-pyrrole nitrogens is 1. The number of amides is 2. The minimum Gasteiger partial charge on any atom is -0.494 e. The second kappa shape index (κ2) is 10.1. The SMILES string of the molecule is CCOc1ccc(CC(=O)N2C[C@@H](NC(=O)C3CCOCC3)[C@H](c3n[nH]c(C)n3)C2)cc1. The molecular weight excluding hydrogens is 410 g/mol. The van der Waals surface area contributed by atoms with Gasteiger partial charge in [0.25, 0.3) is 0 Å². The van der Waals surface area contributed by atoms with E-state index in [2.05, 4.69) is 20.5 Å². The monoisotopic (exact) mass is 441 g/mol. The van der Waals surface area contributed by atoms with Gasteiger partial charge in [0.1, 0.15) is 11.6 Å². The maximum Gasteiger partial charge on any atom is 0.227 e. The van der Waals surface area contributed by atoms with Crippen molar-refractivity contribution >= 4 is 11.8 Å². The van der Waals surface area contributed by atoms with Gasteiger partial charge in [-0.05, 0) is 44.4 Å². The van der Waals surface area contributed by atoms with Crippen molar-refractivity contribution in [1.82, 2.24) is 25.4 Å². The molecule has 32 heavy (non-hydrogen) atoms. The average molecular weight is 442 g/mol. The molecule has 0 aliphatic carbocycles. The van der Waals surface area contributed by atoms with Gasteiger partial charge in [-0.25, -0.2) is 4.98 Å². The summed E-state index contributed by atoms with van der Waals surface area (Å²) in [5.41, 5.74) is 0.929. The number of hydrogen-bond donors (Lipinski definition) is 2.